The summed E-state index contributed by atoms with van der Waals surface area (Å²) in [5.74, 6) is -0.811. The monoisotopic (exact) mass is 333 g/mol. The molecule has 0 aliphatic heterocycles. The number of hydrogen-bond donors (Lipinski definition) is 2. The highest BCUT2D eigenvalue weighted by Gasteiger charge is 2.14. The summed E-state index contributed by atoms with van der Waals surface area (Å²) in [5, 5.41) is 5.08. The van der Waals surface area contributed by atoms with Crippen LogP contribution in [0.3, 0.4) is 0 Å². The lowest BCUT2D eigenvalue weighted by Crippen LogP contribution is -2.12. The number of aromatic amines is 1. The van der Waals surface area contributed by atoms with Gasteiger partial charge in [-0.05, 0) is 6.07 Å². The molecule has 2 aromatic heterocycles. The number of amides is 1. The third kappa shape index (κ3) is 3.50. The summed E-state index contributed by atoms with van der Waals surface area (Å²) in [7, 11) is 1.30. The van der Waals surface area contributed by atoms with Gasteiger partial charge in [0.2, 0.25) is 0 Å². The van der Waals surface area contributed by atoms with Crippen LogP contribution in [-0.2, 0) is 16.0 Å². The number of esters is 1. The van der Waals surface area contributed by atoms with Gasteiger partial charge in [-0.15, -0.1) is 11.3 Å². The first kappa shape index (κ1) is 14.8. The molecule has 0 saturated heterocycles. The fourth-order valence-electron chi connectivity index (χ4n) is 1.36. The summed E-state index contributed by atoms with van der Waals surface area (Å²) >= 11 is 12.7. The average Bonchev–Trinajstić information content (AvgIpc) is 2.97. The van der Waals surface area contributed by atoms with Gasteiger partial charge in [0.1, 0.15) is 10.8 Å². The van der Waals surface area contributed by atoms with Crippen LogP contribution in [0.25, 0.3) is 0 Å². The first-order chi connectivity index (χ1) is 9.49. The first-order valence-corrected chi connectivity index (χ1v) is 6.99. The van der Waals surface area contributed by atoms with Crippen LogP contribution in [0.1, 0.15) is 16.2 Å². The van der Waals surface area contributed by atoms with E-state index < -0.39 is 11.9 Å². The zero-order valence-electron chi connectivity index (χ0n) is 10.2. The topological polar surface area (TPSA) is 84.1 Å². The lowest BCUT2D eigenvalue weighted by atomic mass is 10.3. The van der Waals surface area contributed by atoms with Crippen LogP contribution in [0.4, 0.5) is 5.13 Å². The number of nitrogens with one attached hydrogen (secondary N) is 2. The summed E-state index contributed by atoms with van der Waals surface area (Å²) < 4.78 is 4.53. The SMILES string of the molecule is COC(=O)Cc1csc(NC(=O)c2cc(Cl)c(Cl)[nH]2)n1. The van der Waals surface area contributed by atoms with Crippen molar-refractivity contribution < 1.29 is 14.3 Å². The Balaban J connectivity index is 2.03. The van der Waals surface area contributed by atoms with E-state index in [2.05, 4.69) is 20.0 Å². The minimum Gasteiger partial charge on any atom is -0.469 e. The van der Waals surface area contributed by atoms with E-state index in [4.69, 9.17) is 23.2 Å². The summed E-state index contributed by atoms with van der Waals surface area (Å²) in [6.45, 7) is 0. The molecule has 0 radical (unpaired) electrons. The second-order valence-electron chi connectivity index (χ2n) is 3.70. The Labute approximate surface area is 128 Å². The Morgan fingerprint density at radius 2 is 2.25 bits per heavy atom. The quantitative estimate of drug-likeness (QED) is 0.842. The first-order valence-electron chi connectivity index (χ1n) is 5.36. The third-order valence-corrected chi connectivity index (χ3v) is 3.79. The molecule has 0 fully saturated rings. The number of rotatable bonds is 4. The molecule has 6 nitrogen and oxygen atoms in total. The molecule has 0 atom stereocenters. The normalized spacial score (nSPS) is 10.3. The van der Waals surface area contributed by atoms with Crippen molar-refractivity contribution in [2.45, 2.75) is 6.42 Å². The molecule has 2 rings (SSSR count). The Bertz CT molecular complexity index is 634. The molecule has 106 valence electrons. The number of anilines is 1. The van der Waals surface area contributed by atoms with Crippen molar-refractivity contribution in [1.82, 2.24) is 9.97 Å². The maximum Gasteiger partial charge on any atom is 0.311 e. The molecule has 0 spiro atoms. The smallest absolute Gasteiger partial charge is 0.311 e. The van der Waals surface area contributed by atoms with Gasteiger partial charge >= 0.3 is 5.97 Å². The number of methoxy groups -OCH3 is 1. The second kappa shape index (κ2) is 6.25. The lowest BCUT2D eigenvalue weighted by molar-refractivity contribution is -0.139. The molecule has 0 bridgehead atoms. The van der Waals surface area contributed by atoms with Crippen molar-refractivity contribution in [3.8, 4) is 0 Å². The van der Waals surface area contributed by atoms with E-state index in [1.807, 2.05) is 0 Å². The number of hydrogen-bond acceptors (Lipinski definition) is 5. The standard InChI is InChI=1S/C11H9Cl2N3O3S/c1-19-8(17)2-5-4-20-11(14-5)16-10(18)7-3-6(12)9(13)15-7/h3-4,15H,2H2,1H3,(H,14,16,18). The highest BCUT2D eigenvalue weighted by atomic mass is 35.5. The maximum absolute atomic E-state index is 11.9. The highest BCUT2D eigenvalue weighted by molar-refractivity contribution is 7.14. The molecule has 1 amide bonds. The predicted octanol–water partition coefficient (Wildman–Crippen LogP) is 2.75. The third-order valence-electron chi connectivity index (χ3n) is 2.30. The summed E-state index contributed by atoms with van der Waals surface area (Å²) in [6.07, 6.45) is 0.0586. The van der Waals surface area contributed by atoms with Crippen molar-refractivity contribution in [3.05, 3.63) is 33.0 Å². The van der Waals surface area contributed by atoms with Crippen molar-refractivity contribution >= 4 is 51.5 Å². The molecular formula is C11H9Cl2N3O3S. The van der Waals surface area contributed by atoms with Crippen molar-refractivity contribution in [1.29, 1.82) is 0 Å². The number of carbonyl (C=O) groups excluding carboxylic acids is 2. The minimum absolute atomic E-state index is 0.0586. The van der Waals surface area contributed by atoms with Crippen LogP contribution in [0.15, 0.2) is 11.4 Å². The number of thiazole rings is 1. The van der Waals surface area contributed by atoms with Gasteiger partial charge in [0, 0.05) is 5.38 Å². The Kier molecular flexibility index (Phi) is 4.64. The van der Waals surface area contributed by atoms with E-state index in [9.17, 15) is 9.59 Å². The zero-order chi connectivity index (χ0) is 14.7. The lowest BCUT2D eigenvalue weighted by Gasteiger charge is -1.98. The summed E-state index contributed by atoms with van der Waals surface area (Å²) in [4.78, 5) is 29.7. The van der Waals surface area contributed by atoms with E-state index >= 15 is 0 Å². The molecule has 0 aliphatic carbocycles. The van der Waals surface area contributed by atoms with Crippen LogP contribution in [-0.4, -0.2) is 29.0 Å². The fourth-order valence-corrected chi connectivity index (χ4v) is 2.37. The van der Waals surface area contributed by atoms with Gasteiger partial charge in [0.05, 0.1) is 24.2 Å². The number of aromatic nitrogens is 2. The zero-order valence-corrected chi connectivity index (χ0v) is 12.5. The minimum atomic E-state index is -0.419. The van der Waals surface area contributed by atoms with E-state index in [0.29, 0.717) is 10.8 Å². The molecule has 0 saturated carbocycles. The van der Waals surface area contributed by atoms with Gasteiger partial charge in [-0.1, -0.05) is 23.2 Å². The fraction of sp³-hybridized carbons (Fsp3) is 0.182. The Hall–Kier alpha value is -1.57. The van der Waals surface area contributed by atoms with E-state index in [1.54, 1.807) is 5.38 Å². The van der Waals surface area contributed by atoms with Gasteiger partial charge in [-0.25, -0.2) is 4.98 Å². The second-order valence-corrected chi connectivity index (χ2v) is 5.34. The number of H-pyrrole nitrogens is 1. The molecule has 0 aromatic carbocycles. The molecule has 2 heterocycles. The molecule has 0 aliphatic rings. The van der Waals surface area contributed by atoms with E-state index in [1.165, 1.54) is 24.5 Å². The van der Waals surface area contributed by atoms with E-state index in [-0.39, 0.29) is 22.3 Å². The maximum atomic E-state index is 11.9. The summed E-state index contributed by atoms with van der Waals surface area (Å²) in [6, 6.07) is 1.42. The van der Waals surface area contributed by atoms with E-state index in [0.717, 1.165) is 0 Å². The number of carbonyl (C=O) groups is 2. The number of halogens is 2. The molecule has 20 heavy (non-hydrogen) atoms. The number of ether oxygens (including phenoxy) is 1. The molecule has 0 unspecified atom stereocenters. The van der Waals surface area contributed by atoms with Crippen LogP contribution >= 0.6 is 34.5 Å². The summed E-state index contributed by atoms with van der Waals surface area (Å²) in [5.41, 5.74) is 0.754. The molecule has 9 heteroatoms. The highest BCUT2D eigenvalue weighted by Crippen LogP contribution is 2.23. The van der Waals surface area contributed by atoms with Crippen molar-refractivity contribution in [2.75, 3.05) is 12.4 Å². The van der Waals surface area contributed by atoms with Gasteiger partial charge in [0.25, 0.3) is 5.91 Å². The van der Waals surface area contributed by atoms with Crippen LogP contribution in [0, 0.1) is 0 Å². The Morgan fingerprint density at radius 3 is 2.85 bits per heavy atom. The predicted molar refractivity (Wildman–Crippen MR) is 76.6 cm³/mol. The van der Waals surface area contributed by atoms with Crippen LogP contribution in [0.5, 0.6) is 0 Å². The molecule has 2 aromatic rings. The van der Waals surface area contributed by atoms with Gasteiger partial charge in [-0.2, -0.15) is 0 Å². The Morgan fingerprint density at radius 1 is 1.50 bits per heavy atom. The van der Waals surface area contributed by atoms with Gasteiger partial charge in [-0.3, -0.25) is 14.9 Å². The van der Waals surface area contributed by atoms with Crippen molar-refractivity contribution in [2.24, 2.45) is 0 Å². The number of nitrogens with zero attached hydrogens (tertiary/aromatic N) is 1. The van der Waals surface area contributed by atoms with Crippen molar-refractivity contribution in [3.63, 3.8) is 0 Å². The van der Waals surface area contributed by atoms with Crippen LogP contribution < -0.4 is 5.32 Å². The van der Waals surface area contributed by atoms with Crippen LogP contribution in [0.2, 0.25) is 10.2 Å². The molecule has 2 N–H and O–H groups in total. The molecular weight excluding hydrogens is 325 g/mol. The van der Waals surface area contributed by atoms with Gasteiger partial charge < -0.3 is 9.72 Å². The average molecular weight is 334 g/mol. The largest absolute Gasteiger partial charge is 0.469 e. The van der Waals surface area contributed by atoms with Gasteiger partial charge in [0.15, 0.2) is 5.13 Å².